The molecule has 1 aliphatic heterocycles. The molecule has 0 radical (unpaired) electrons. The Bertz CT molecular complexity index is 880. The minimum atomic E-state index is -0.111. The van der Waals surface area contributed by atoms with E-state index < -0.39 is 0 Å². The first kappa shape index (κ1) is 23.1. The van der Waals surface area contributed by atoms with E-state index in [1.54, 1.807) is 14.0 Å². The number of aromatic nitrogens is 3. The molecule has 8 nitrogen and oxygen atoms in total. The number of hydrogen-bond donors (Lipinski definition) is 1. The molecule has 3 rings (SSSR count). The zero-order valence-corrected chi connectivity index (χ0v) is 19.4. The second-order valence-electron chi connectivity index (χ2n) is 8.45. The van der Waals surface area contributed by atoms with Crippen LogP contribution in [0, 0.1) is 5.92 Å². The molecule has 1 atom stereocenters. The van der Waals surface area contributed by atoms with Gasteiger partial charge in [0, 0.05) is 39.5 Å². The third-order valence-electron chi connectivity index (χ3n) is 5.48. The molecule has 0 fully saturated rings. The lowest BCUT2D eigenvalue weighted by Gasteiger charge is -2.22. The monoisotopic (exact) mass is 429 g/mol. The summed E-state index contributed by atoms with van der Waals surface area (Å²) in [5.74, 6) is 3.80. The molecule has 1 amide bonds. The smallest absolute Gasteiger partial charge is 0.217 e. The number of methoxy groups -OCH3 is 1. The fraction of sp³-hybridized carbons (Fsp3) is 0.609. The molecular formula is C23H35N5O3. The van der Waals surface area contributed by atoms with E-state index in [0.29, 0.717) is 12.5 Å². The van der Waals surface area contributed by atoms with Crippen molar-refractivity contribution >= 4 is 5.91 Å². The van der Waals surface area contributed by atoms with Crippen LogP contribution in [-0.4, -0.2) is 52.4 Å². The lowest BCUT2D eigenvalue weighted by molar-refractivity contribution is -0.119. The quantitative estimate of drug-likeness (QED) is 0.660. The van der Waals surface area contributed by atoms with Crippen molar-refractivity contribution in [2.45, 2.75) is 59.7 Å². The maximum absolute atomic E-state index is 11.7. The first-order valence-corrected chi connectivity index (χ1v) is 11.1. The van der Waals surface area contributed by atoms with E-state index in [1.165, 1.54) is 5.56 Å². The highest BCUT2D eigenvalue weighted by Crippen LogP contribution is 2.29. The molecule has 0 bridgehead atoms. The van der Waals surface area contributed by atoms with Crippen molar-refractivity contribution in [3.8, 4) is 11.5 Å². The fourth-order valence-corrected chi connectivity index (χ4v) is 4.10. The summed E-state index contributed by atoms with van der Waals surface area (Å²) in [6.45, 7) is 11.9. The Hall–Kier alpha value is -2.61. The van der Waals surface area contributed by atoms with E-state index in [2.05, 4.69) is 51.0 Å². The Morgan fingerprint density at radius 1 is 1.19 bits per heavy atom. The summed E-state index contributed by atoms with van der Waals surface area (Å²) in [6, 6.07) is 6.01. The van der Waals surface area contributed by atoms with Crippen molar-refractivity contribution in [3.05, 3.63) is 35.4 Å². The van der Waals surface area contributed by atoms with E-state index in [4.69, 9.17) is 9.47 Å². The van der Waals surface area contributed by atoms with Crippen LogP contribution in [0.5, 0.6) is 11.5 Å². The predicted octanol–water partition coefficient (Wildman–Crippen LogP) is 2.97. The number of fused-ring (bicyclic) bond motifs is 1. The summed E-state index contributed by atoms with van der Waals surface area (Å²) < 4.78 is 13.3. The van der Waals surface area contributed by atoms with Crippen molar-refractivity contribution in [2.24, 2.45) is 5.92 Å². The highest BCUT2D eigenvalue weighted by molar-refractivity contribution is 5.73. The number of ether oxygens (including phenoxy) is 2. The molecule has 1 aromatic carbocycles. The molecule has 2 heterocycles. The Kier molecular flexibility index (Phi) is 7.90. The number of amides is 1. The third-order valence-corrected chi connectivity index (χ3v) is 5.48. The lowest BCUT2D eigenvalue weighted by Crippen LogP contribution is -2.31. The Morgan fingerprint density at radius 3 is 2.68 bits per heavy atom. The van der Waals surface area contributed by atoms with Gasteiger partial charge in [0.25, 0.3) is 0 Å². The van der Waals surface area contributed by atoms with Gasteiger partial charge in [0.05, 0.1) is 19.8 Å². The molecule has 0 aliphatic carbocycles. The van der Waals surface area contributed by atoms with E-state index in [1.807, 2.05) is 13.0 Å². The van der Waals surface area contributed by atoms with Gasteiger partial charge in [0.15, 0.2) is 17.3 Å². The zero-order chi connectivity index (χ0) is 22.4. The molecular weight excluding hydrogens is 394 g/mol. The van der Waals surface area contributed by atoms with Gasteiger partial charge in [-0.15, -0.1) is 10.2 Å². The number of nitrogens with one attached hydrogen (secondary N) is 1. The number of benzene rings is 1. The molecule has 8 heteroatoms. The normalized spacial score (nSPS) is 15.3. The maximum Gasteiger partial charge on any atom is 0.217 e. The van der Waals surface area contributed by atoms with Crippen LogP contribution in [-0.2, 0) is 24.3 Å². The molecule has 1 N–H and O–H groups in total. The fourth-order valence-electron chi connectivity index (χ4n) is 4.10. The Morgan fingerprint density at radius 2 is 2.00 bits per heavy atom. The number of hydrogen-bond acceptors (Lipinski definition) is 6. The molecule has 1 aromatic heterocycles. The average molecular weight is 430 g/mol. The van der Waals surface area contributed by atoms with Gasteiger partial charge in [-0.2, -0.15) is 0 Å². The summed E-state index contributed by atoms with van der Waals surface area (Å²) in [5, 5.41) is 12.0. The van der Waals surface area contributed by atoms with Crippen LogP contribution in [0.25, 0.3) is 0 Å². The van der Waals surface area contributed by atoms with Crippen molar-refractivity contribution in [1.82, 2.24) is 25.0 Å². The standard InChI is InChI=1S/C23H35N5O3/c1-6-31-21-14-18(7-8-20(21)30-5)15-27-10-9-22-25-26-23(28(22)12-11-27)19(13-16(2)3)24-17(4)29/h7-8,14,16,19H,6,9-13,15H2,1-5H3,(H,24,29). The molecule has 1 unspecified atom stereocenters. The van der Waals surface area contributed by atoms with E-state index in [0.717, 1.165) is 62.2 Å². The van der Waals surface area contributed by atoms with Gasteiger partial charge >= 0.3 is 0 Å². The topological polar surface area (TPSA) is 81.5 Å². The summed E-state index contributed by atoms with van der Waals surface area (Å²) in [6.07, 6.45) is 1.67. The van der Waals surface area contributed by atoms with E-state index in [-0.39, 0.29) is 11.9 Å². The minimum Gasteiger partial charge on any atom is -0.493 e. The number of carbonyl (C=O) groups is 1. The van der Waals surface area contributed by atoms with Crippen molar-refractivity contribution in [3.63, 3.8) is 0 Å². The number of carbonyl (C=O) groups excluding carboxylic acids is 1. The van der Waals surface area contributed by atoms with Crippen molar-refractivity contribution in [2.75, 3.05) is 26.8 Å². The summed E-state index contributed by atoms with van der Waals surface area (Å²) in [7, 11) is 1.66. The number of rotatable bonds is 9. The van der Waals surface area contributed by atoms with E-state index >= 15 is 0 Å². The van der Waals surface area contributed by atoms with E-state index in [9.17, 15) is 4.79 Å². The largest absolute Gasteiger partial charge is 0.493 e. The van der Waals surface area contributed by atoms with Crippen LogP contribution in [0.4, 0.5) is 0 Å². The Labute approximate surface area is 184 Å². The third kappa shape index (κ3) is 5.97. The second-order valence-corrected chi connectivity index (χ2v) is 8.45. The SMILES string of the molecule is CCOc1cc(CN2CCc3nnc(C(CC(C)C)NC(C)=O)n3CC2)ccc1OC. The maximum atomic E-state index is 11.7. The van der Waals surface area contributed by atoms with Gasteiger partial charge in [-0.05, 0) is 37.0 Å². The van der Waals surface area contributed by atoms with Gasteiger partial charge in [0.2, 0.25) is 5.91 Å². The Balaban J connectivity index is 1.72. The first-order valence-electron chi connectivity index (χ1n) is 11.1. The van der Waals surface area contributed by atoms with Crippen LogP contribution in [0.1, 0.15) is 57.4 Å². The average Bonchev–Trinajstić information content (AvgIpc) is 3.02. The summed E-state index contributed by atoms with van der Waals surface area (Å²) >= 11 is 0. The van der Waals surface area contributed by atoms with Crippen molar-refractivity contribution < 1.29 is 14.3 Å². The lowest BCUT2D eigenvalue weighted by atomic mass is 10.0. The van der Waals surface area contributed by atoms with Crippen molar-refractivity contribution in [1.29, 1.82) is 0 Å². The molecule has 2 aromatic rings. The number of nitrogens with zero attached hydrogens (tertiary/aromatic N) is 4. The first-order chi connectivity index (χ1) is 14.9. The molecule has 1 aliphatic rings. The zero-order valence-electron chi connectivity index (χ0n) is 19.4. The highest BCUT2D eigenvalue weighted by atomic mass is 16.5. The minimum absolute atomic E-state index is 0.0390. The van der Waals surface area contributed by atoms with Gasteiger partial charge < -0.3 is 19.4 Å². The molecule has 31 heavy (non-hydrogen) atoms. The summed E-state index contributed by atoms with van der Waals surface area (Å²) in [4.78, 5) is 14.2. The molecule has 0 saturated heterocycles. The molecule has 0 saturated carbocycles. The van der Waals surface area contributed by atoms with Gasteiger partial charge in [-0.3, -0.25) is 9.69 Å². The van der Waals surface area contributed by atoms with Crippen LogP contribution >= 0.6 is 0 Å². The summed E-state index contributed by atoms with van der Waals surface area (Å²) in [5.41, 5.74) is 1.19. The molecule has 0 spiro atoms. The van der Waals surface area contributed by atoms with Crippen LogP contribution in [0.2, 0.25) is 0 Å². The van der Waals surface area contributed by atoms with Crippen LogP contribution in [0.15, 0.2) is 18.2 Å². The van der Waals surface area contributed by atoms with Crippen LogP contribution < -0.4 is 14.8 Å². The highest BCUT2D eigenvalue weighted by Gasteiger charge is 2.25. The van der Waals surface area contributed by atoms with Gasteiger partial charge in [-0.25, -0.2) is 0 Å². The second kappa shape index (κ2) is 10.6. The van der Waals surface area contributed by atoms with Crippen LogP contribution in [0.3, 0.4) is 0 Å². The van der Waals surface area contributed by atoms with Gasteiger partial charge in [0.1, 0.15) is 5.82 Å². The predicted molar refractivity (Wildman–Crippen MR) is 119 cm³/mol. The van der Waals surface area contributed by atoms with Gasteiger partial charge in [-0.1, -0.05) is 19.9 Å². The molecule has 170 valence electrons.